The summed E-state index contributed by atoms with van der Waals surface area (Å²) in [5, 5.41) is 2.95. The molecular weight excluding hydrogens is 402 g/mol. The van der Waals surface area contributed by atoms with E-state index in [9.17, 15) is 18.0 Å². The summed E-state index contributed by atoms with van der Waals surface area (Å²) in [6, 6.07) is 11.0. The number of benzene rings is 2. The molecule has 0 radical (unpaired) electrons. The monoisotopic (exact) mass is 413 g/mol. The summed E-state index contributed by atoms with van der Waals surface area (Å²) in [6.45, 7) is 1.59. The third-order valence-electron chi connectivity index (χ3n) is 3.83. The lowest BCUT2D eigenvalue weighted by atomic mass is 10.1. The van der Waals surface area contributed by atoms with Crippen LogP contribution in [0.15, 0.2) is 52.9 Å². The topological polar surface area (TPSA) is 42.2 Å². The minimum Gasteiger partial charge on any atom is -0.461 e. The Balaban J connectivity index is 1.88. The van der Waals surface area contributed by atoms with E-state index in [2.05, 4.69) is 5.32 Å². The number of alkyl halides is 3. The molecule has 0 saturated heterocycles. The van der Waals surface area contributed by atoms with E-state index < -0.39 is 17.6 Å². The molecule has 0 spiro atoms. The summed E-state index contributed by atoms with van der Waals surface area (Å²) in [5.41, 5.74) is -0.148. The zero-order valence-electron chi connectivity index (χ0n) is 13.8. The van der Waals surface area contributed by atoms with Crippen LogP contribution in [0.2, 0.25) is 10.0 Å². The number of anilines is 1. The maximum absolute atomic E-state index is 12.9. The first kappa shape index (κ1) is 19.3. The van der Waals surface area contributed by atoms with Crippen molar-refractivity contribution in [3.63, 3.8) is 0 Å². The Morgan fingerprint density at radius 3 is 2.33 bits per heavy atom. The normalized spacial score (nSPS) is 11.5. The number of carbonyl (C=O) groups excluding carboxylic acids is 1. The van der Waals surface area contributed by atoms with E-state index in [-0.39, 0.29) is 16.3 Å². The number of furan rings is 1. The molecule has 0 saturated carbocycles. The lowest BCUT2D eigenvalue weighted by Crippen LogP contribution is -2.14. The Labute approximate surface area is 162 Å². The van der Waals surface area contributed by atoms with Crippen LogP contribution in [-0.4, -0.2) is 5.91 Å². The van der Waals surface area contributed by atoms with Gasteiger partial charge in [-0.3, -0.25) is 4.79 Å². The van der Waals surface area contributed by atoms with Crippen LogP contribution in [0, 0.1) is 6.92 Å². The number of carbonyl (C=O) groups is 1. The smallest absolute Gasteiger partial charge is 0.416 e. The van der Waals surface area contributed by atoms with E-state index in [1.54, 1.807) is 31.2 Å². The summed E-state index contributed by atoms with van der Waals surface area (Å²) in [7, 11) is 0. The summed E-state index contributed by atoms with van der Waals surface area (Å²) in [5.74, 6) is 0.127. The standard InChI is InChI=1S/C19H12Cl2F3NO2/c1-10-14(9-17(27-10)11-2-5-13(20)6-3-11)18(26)25-16-8-12(19(22,23)24)4-7-15(16)21/h2-9H,1H3,(H,25,26). The number of hydrogen-bond acceptors (Lipinski definition) is 2. The maximum Gasteiger partial charge on any atom is 0.416 e. The van der Waals surface area contributed by atoms with Crippen LogP contribution in [0.4, 0.5) is 18.9 Å². The molecule has 1 aromatic heterocycles. The van der Waals surface area contributed by atoms with E-state index in [1.807, 2.05) is 0 Å². The van der Waals surface area contributed by atoms with Gasteiger partial charge in [0.15, 0.2) is 0 Å². The van der Waals surface area contributed by atoms with E-state index in [0.29, 0.717) is 22.1 Å². The van der Waals surface area contributed by atoms with Crippen molar-refractivity contribution < 1.29 is 22.4 Å². The molecule has 0 aliphatic heterocycles. The molecule has 1 heterocycles. The molecule has 0 aliphatic rings. The number of aryl methyl sites for hydroxylation is 1. The van der Waals surface area contributed by atoms with Gasteiger partial charge in [0.1, 0.15) is 11.5 Å². The average molecular weight is 414 g/mol. The second-order valence-corrected chi connectivity index (χ2v) is 6.58. The van der Waals surface area contributed by atoms with Crippen LogP contribution in [-0.2, 0) is 6.18 Å². The third-order valence-corrected chi connectivity index (χ3v) is 4.41. The molecule has 1 amide bonds. The second kappa shape index (κ2) is 7.29. The molecule has 0 fully saturated rings. The van der Waals surface area contributed by atoms with Gasteiger partial charge < -0.3 is 9.73 Å². The Hall–Kier alpha value is -2.44. The molecule has 1 N–H and O–H groups in total. The van der Waals surface area contributed by atoms with E-state index in [1.165, 1.54) is 6.07 Å². The van der Waals surface area contributed by atoms with Gasteiger partial charge in [0.05, 0.1) is 21.8 Å². The van der Waals surface area contributed by atoms with E-state index in [4.69, 9.17) is 27.6 Å². The van der Waals surface area contributed by atoms with Gasteiger partial charge in [-0.2, -0.15) is 13.2 Å². The first-order valence-corrected chi connectivity index (χ1v) is 8.45. The maximum atomic E-state index is 12.9. The van der Waals surface area contributed by atoms with Crippen molar-refractivity contribution in [2.24, 2.45) is 0 Å². The molecule has 0 unspecified atom stereocenters. The van der Waals surface area contributed by atoms with Gasteiger partial charge in [0.25, 0.3) is 5.91 Å². The number of halogens is 5. The predicted octanol–water partition coefficient (Wildman–Crippen LogP) is 6.83. The van der Waals surface area contributed by atoms with Gasteiger partial charge in [0, 0.05) is 10.6 Å². The highest BCUT2D eigenvalue weighted by atomic mass is 35.5. The van der Waals surface area contributed by atoms with Crippen molar-refractivity contribution in [1.82, 2.24) is 0 Å². The van der Waals surface area contributed by atoms with Crippen LogP contribution in [0.5, 0.6) is 0 Å². The van der Waals surface area contributed by atoms with Crippen molar-refractivity contribution in [1.29, 1.82) is 0 Å². The fourth-order valence-corrected chi connectivity index (χ4v) is 2.74. The van der Waals surface area contributed by atoms with Crippen LogP contribution in [0.3, 0.4) is 0 Å². The second-order valence-electron chi connectivity index (χ2n) is 5.73. The summed E-state index contributed by atoms with van der Waals surface area (Å²) < 4.78 is 44.2. The van der Waals surface area contributed by atoms with Crippen LogP contribution >= 0.6 is 23.2 Å². The molecule has 0 atom stereocenters. The van der Waals surface area contributed by atoms with Gasteiger partial charge in [-0.15, -0.1) is 0 Å². The first-order valence-electron chi connectivity index (χ1n) is 7.69. The Bertz CT molecular complexity index is 995. The quantitative estimate of drug-likeness (QED) is 0.510. The lowest BCUT2D eigenvalue weighted by molar-refractivity contribution is -0.137. The molecule has 3 nitrogen and oxygen atoms in total. The number of nitrogens with one attached hydrogen (secondary N) is 1. The Morgan fingerprint density at radius 1 is 1.04 bits per heavy atom. The molecule has 3 rings (SSSR count). The number of amides is 1. The minimum absolute atomic E-state index is 0.00424. The van der Waals surface area contributed by atoms with Gasteiger partial charge in [-0.25, -0.2) is 0 Å². The first-order chi connectivity index (χ1) is 12.6. The third kappa shape index (κ3) is 4.28. The molecule has 8 heteroatoms. The summed E-state index contributed by atoms with van der Waals surface area (Å²) in [6.07, 6.45) is -4.54. The number of rotatable bonds is 3. The summed E-state index contributed by atoms with van der Waals surface area (Å²) >= 11 is 11.8. The molecule has 0 bridgehead atoms. The van der Waals surface area contributed by atoms with Crippen molar-refractivity contribution in [3.05, 3.63) is 75.5 Å². The average Bonchev–Trinajstić information content (AvgIpc) is 2.98. The highest BCUT2D eigenvalue weighted by Gasteiger charge is 2.31. The molecule has 3 aromatic rings. The zero-order chi connectivity index (χ0) is 19.8. The fraction of sp³-hybridized carbons (Fsp3) is 0.105. The molecule has 27 heavy (non-hydrogen) atoms. The van der Waals surface area contributed by atoms with E-state index in [0.717, 1.165) is 18.2 Å². The van der Waals surface area contributed by atoms with Crippen molar-refractivity contribution in [3.8, 4) is 11.3 Å². The van der Waals surface area contributed by atoms with Crippen LogP contribution in [0.1, 0.15) is 21.7 Å². The highest BCUT2D eigenvalue weighted by molar-refractivity contribution is 6.34. The van der Waals surface area contributed by atoms with Gasteiger partial charge in [0.2, 0.25) is 0 Å². The van der Waals surface area contributed by atoms with Crippen LogP contribution < -0.4 is 5.32 Å². The molecular formula is C19H12Cl2F3NO2. The lowest BCUT2D eigenvalue weighted by Gasteiger charge is -2.11. The zero-order valence-corrected chi connectivity index (χ0v) is 15.3. The van der Waals surface area contributed by atoms with Gasteiger partial charge in [-0.05, 0) is 55.5 Å². The van der Waals surface area contributed by atoms with Gasteiger partial charge >= 0.3 is 6.18 Å². The Morgan fingerprint density at radius 2 is 1.70 bits per heavy atom. The van der Waals surface area contributed by atoms with Gasteiger partial charge in [-0.1, -0.05) is 23.2 Å². The predicted molar refractivity (Wildman–Crippen MR) is 98.3 cm³/mol. The molecule has 2 aromatic carbocycles. The SMILES string of the molecule is Cc1oc(-c2ccc(Cl)cc2)cc1C(=O)Nc1cc(C(F)(F)F)ccc1Cl. The van der Waals surface area contributed by atoms with Crippen molar-refractivity contribution in [2.75, 3.05) is 5.32 Å². The largest absolute Gasteiger partial charge is 0.461 e. The number of hydrogen-bond donors (Lipinski definition) is 1. The van der Waals surface area contributed by atoms with E-state index >= 15 is 0 Å². The van der Waals surface area contributed by atoms with Crippen LogP contribution in [0.25, 0.3) is 11.3 Å². The van der Waals surface area contributed by atoms with Crippen molar-refractivity contribution in [2.45, 2.75) is 13.1 Å². The highest BCUT2D eigenvalue weighted by Crippen LogP contribution is 2.34. The molecule has 0 aliphatic carbocycles. The van der Waals surface area contributed by atoms with Crippen molar-refractivity contribution >= 4 is 34.8 Å². The fourth-order valence-electron chi connectivity index (χ4n) is 2.45. The summed E-state index contributed by atoms with van der Waals surface area (Å²) in [4.78, 5) is 12.5. The Kier molecular flexibility index (Phi) is 5.22. The molecule has 140 valence electrons. The minimum atomic E-state index is -4.54.